The van der Waals surface area contributed by atoms with Gasteiger partial charge in [0.25, 0.3) is 11.8 Å². The molecule has 4 aliphatic heterocycles. The highest BCUT2D eigenvalue weighted by atomic mass is 35.5. The van der Waals surface area contributed by atoms with Crippen LogP contribution < -0.4 is 10.2 Å². The second-order valence-electron chi connectivity index (χ2n) is 11.7. The summed E-state index contributed by atoms with van der Waals surface area (Å²) in [6.45, 7) is 8.12. The monoisotopic (exact) mass is 568 g/mol. The molecule has 6 rings (SSSR count). The van der Waals surface area contributed by atoms with E-state index in [-0.39, 0.29) is 42.2 Å². The molecule has 2 N–H and O–H groups in total. The van der Waals surface area contributed by atoms with Crippen LogP contribution in [0, 0.1) is 5.41 Å². The molecule has 0 bridgehead atoms. The minimum Gasteiger partial charge on any atom is -0.390 e. The van der Waals surface area contributed by atoms with Gasteiger partial charge in [0, 0.05) is 70.6 Å². The van der Waals surface area contributed by atoms with Gasteiger partial charge >= 0.3 is 0 Å². The Kier molecular flexibility index (Phi) is 8.71. The number of fused-ring (bicyclic) bond motifs is 2. The highest BCUT2D eigenvalue weighted by molar-refractivity contribution is 6.03. The Labute approximate surface area is 243 Å². The van der Waals surface area contributed by atoms with Crippen LogP contribution >= 0.6 is 12.4 Å². The van der Waals surface area contributed by atoms with Crippen molar-refractivity contribution in [3.05, 3.63) is 64.7 Å². The number of carbonyl (C=O) groups excluding carboxylic acids is 2. The maximum Gasteiger partial charge on any atom is 0.256 e. The maximum atomic E-state index is 13.7. The molecule has 216 valence electrons. The van der Waals surface area contributed by atoms with Gasteiger partial charge < -0.3 is 29.9 Å². The predicted octanol–water partition coefficient (Wildman–Crippen LogP) is 3.11. The summed E-state index contributed by atoms with van der Waals surface area (Å²) >= 11 is 0. The molecule has 0 aliphatic carbocycles. The van der Waals surface area contributed by atoms with Crippen LogP contribution in [0.15, 0.2) is 42.5 Å². The summed E-state index contributed by atoms with van der Waals surface area (Å²) in [5, 5.41) is 14.6. The second-order valence-corrected chi connectivity index (χ2v) is 11.7. The molecule has 2 amide bonds. The first-order valence-corrected chi connectivity index (χ1v) is 14.5. The fourth-order valence-electron chi connectivity index (χ4n) is 6.85. The van der Waals surface area contributed by atoms with Gasteiger partial charge in [-0.2, -0.15) is 0 Å². The van der Waals surface area contributed by atoms with E-state index in [1.807, 2.05) is 29.2 Å². The van der Waals surface area contributed by atoms with E-state index < -0.39 is 6.10 Å². The fourth-order valence-corrected chi connectivity index (χ4v) is 6.85. The number of hydrogen-bond donors (Lipinski definition) is 2. The van der Waals surface area contributed by atoms with E-state index in [0.717, 1.165) is 70.8 Å². The third-order valence-electron chi connectivity index (χ3n) is 9.39. The number of aliphatic hydroxyl groups is 1. The molecular formula is C31H41ClN4O4. The molecule has 2 saturated heterocycles. The van der Waals surface area contributed by atoms with E-state index in [9.17, 15) is 14.7 Å². The van der Waals surface area contributed by atoms with Gasteiger partial charge in [-0.25, -0.2) is 0 Å². The van der Waals surface area contributed by atoms with Gasteiger partial charge in [-0.1, -0.05) is 24.3 Å². The van der Waals surface area contributed by atoms with E-state index in [4.69, 9.17) is 4.74 Å². The number of hydrogen-bond acceptors (Lipinski definition) is 6. The summed E-state index contributed by atoms with van der Waals surface area (Å²) in [6, 6.07) is 13.7. The van der Waals surface area contributed by atoms with Crippen molar-refractivity contribution in [1.29, 1.82) is 0 Å². The smallest absolute Gasteiger partial charge is 0.256 e. The summed E-state index contributed by atoms with van der Waals surface area (Å²) in [5.74, 6) is -0.0395. The van der Waals surface area contributed by atoms with Crippen LogP contribution in [0.2, 0.25) is 0 Å². The molecule has 4 aliphatic rings. The van der Waals surface area contributed by atoms with Crippen LogP contribution in [0.5, 0.6) is 0 Å². The molecule has 8 nitrogen and oxygen atoms in total. The zero-order chi connectivity index (χ0) is 27.0. The Morgan fingerprint density at radius 2 is 1.82 bits per heavy atom. The highest BCUT2D eigenvalue weighted by Crippen LogP contribution is 2.40. The number of ether oxygens (including phenoxy) is 1. The van der Waals surface area contributed by atoms with Crippen molar-refractivity contribution in [3.63, 3.8) is 0 Å². The van der Waals surface area contributed by atoms with Crippen LogP contribution in [0.3, 0.4) is 0 Å². The Morgan fingerprint density at radius 3 is 2.60 bits per heavy atom. The van der Waals surface area contributed by atoms with Crippen LogP contribution in [0.1, 0.15) is 58.0 Å². The zero-order valence-electron chi connectivity index (χ0n) is 23.3. The maximum absolute atomic E-state index is 13.7. The van der Waals surface area contributed by atoms with E-state index in [0.29, 0.717) is 24.2 Å². The average molecular weight is 569 g/mol. The number of likely N-dealkylation sites (N-methyl/N-ethyl adjacent to an activating group) is 1. The van der Waals surface area contributed by atoms with Crippen LogP contribution in [0.4, 0.5) is 5.69 Å². The quantitative estimate of drug-likeness (QED) is 0.577. The molecule has 0 saturated carbocycles. The SMILES string of the molecule is CCN1CCN(C[C@@H](O)[C@@H]2Cc3ccccc3CN2)C(=O)c2ccc(C(=O)N3CCC4(CCOCC4)C3)cc21.Cl. The summed E-state index contributed by atoms with van der Waals surface area (Å²) in [5.41, 5.74) is 4.77. The molecular weight excluding hydrogens is 528 g/mol. The fraction of sp³-hybridized carbons (Fsp3) is 0.548. The number of β-amino-alcohol motifs (C(OH)–C–C–N with tert-alkyl or cyclic N) is 1. The molecule has 40 heavy (non-hydrogen) atoms. The number of benzene rings is 2. The molecule has 2 atom stereocenters. The summed E-state index contributed by atoms with van der Waals surface area (Å²) in [7, 11) is 0. The van der Waals surface area contributed by atoms with Gasteiger partial charge in [0.1, 0.15) is 0 Å². The summed E-state index contributed by atoms with van der Waals surface area (Å²) in [6.07, 6.45) is 3.14. The molecule has 0 unspecified atom stereocenters. The number of carbonyl (C=O) groups is 2. The lowest BCUT2D eigenvalue weighted by molar-refractivity contribution is 0.0191. The normalized spacial score (nSPS) is 22.8. The molecule has 1 spiro atoms. The van der Waals surface area contributed by atoms with Gasteiger partial charge in [-0.05, 0) is 67.3 Å². The van der Waals surface area contributed by atoms with Gasteiger partial charge in [0.2, 0.25) is 0 Å². The first-order chi connectivity index (χ1) is 19.0. The third-order valence-corrected chi connectivity index (χ3v) is 9.39. The Hall–Kier alpha value is -2.65. The number of likely N-dealkylation sites (tertiary alicyclic amines) is 1. The third kappa shape index (κ3) is 5.59. The molecule has 9 heteroatoms. The van der Waals surface area contributed by atoms with Gasteiger partial charge in [-0.3, -0.25) is 9.59 Å². The zero-order valence-corrected chi connectivity index (χ0v) is 24.1. The molecule has 0 aromatic heterocycles. The van der Waals surface area contributed by atoms with Crippen molar-refractivity contribution < 1.29 is 19.4 Å². The minimum absolute atomic E-state index is 0. The summed E-state index contributed by atoms with van der Waals surface area (Å²) < 4.78 is 5.56. The van der Waals surface area contributed by atoms with Crippen molar-refractivity contribution in [3.8, 4) is 0 Å². The predicted molar refractivity (Wildman–Crippen MR) is 157 cm³/mol. The van der Waals surface area contributed by atoms with Gasteiger partial charge in [0.15, 0.2) is 0 Å². The van der Waals surface area contributed by atoms with Crippen molar-refractivity contribution in [1.82, 2.24) is 15.1 Å². The lowest BCUT2D eigenvalue weighted by Gasteiger charge is -2.33. The van der Waals surface area contributed by atoms with Crippen molar-refractivity contribution >= 4 is 29.9 Å². The average Bonchev–Trinajstić information content (AvgIpc) is 3.32. The molecule has 0 radical (unpaired) electrons. The highest BCUT2D eigenvalue weighted by Gasteiger charge is 2.41. The number of amides is 2. The van der Waals surface area contributed by atoms with Crippen LogP contribution in [0.25, 0.3) is 0 Å². The van der Waals surface area contributed by atoms with Gasteiger partial charge in [-0.15, -0.1) is 12.4 Å². The number of nitrogens with zero attached hydrogens (tertiary/aromatic N) is 3. The first kappa shape index (κ1) is 28.9. The van der Waals surface area contributed by atoms with Gasteiger partial charge in [0.05, 0.1) is 17.4 Å². The molecule has 2 aromatic rings. The Bertz CT molecular complexity index is 1230. The van der Waals surface area contributed by atoms with E-state index in [1.165, 1.54) is 11.1 Å². The van der Waals surface area contributed by atoms with E-state index >= 15 is 0 Å². The Morgan fingerprint density at radius 1 is 1.07 bits per heavy atom. The first-order valence-electron chi connectivity index (χ1n) is 14.5. The van der Waals surface area contributed by atoms with Crippen molar-refractivity contribution in [2.45, 2.75) is 51.3 Å². The van der Waals surface area contributed by atoms with Crippen molar-refractivity contribution in [2.75, 3.05) is 57.4 Å². The lowest BCUT2D eigenvalue weighted by atomic mass is 9.80. The minimum atomic E-state index is -0.674. The molecule has 2 aromatic carbocycles. The van der Waals surface area contributed by atoms with Crippen LogP contribution in [-0.4, -0.2) is 91.3 Å². The number of rotatable bonds is 5. The lowest BCUT2D eigenvalue weighted by Crippen LogP contribution is -2.50. The van der Waals surface area contributed by atoms with Crippen LogP contribution in [-0.2, 0) is 17.7 Å². The number of nitrogens with one attached hydrogen (secondary N) is 1. The Balaban J connectivity index is 0.00000323. The molecule has 4 heterocycles. The molecule has 2 fully saturated rings. The second kappa shape index (κ2) is 12.1. The number of halogens is 1. The largest absolute Gasteiger partial charge is 0.390 e. The van der Waals surface area contributed by atoms with E-state index in [2.05, 4.69) is 29.3 Å². The number of aliphatic hydroxyl groups excluding tert-OH is 1. The standard InChI is InChI=1S/C31H40N4O4.ClH/c1-2-33-13-14-34(20-28(36)26-17-22-5-3-4-6-24(22)19-32-26)30(38)25-8-7-23(18-27(25)33)29(37)35-12-9-31(21-35)10-15-39-16-11-31;/h3-8,18,26,28,32,36H,2,9-17,19-21H2,1H3;1H/t26-,28+;/m0./s1. The topological polar surface area (TPSA) is 85.3 Å². The van der Waals surface area contributed by atoms with E-state index in [1.54, 1.807) is 11.0 Å². The van der Waals surface area contributed by atoms with Crippen molar-refractivity contribution in [2.24, 2.45) is 5.41 Å². The summed E-state index contributed by atoms with van der Waals surface area (Å²) in [4.78, 5) is 33.2. The number of anilines is 1.